The van der Waals surface area contributed by atoms with Crippen molar-refractivity contribution in [1.82, 2.24) is 0 Å². The number of anilines is 1. The van der Waals surface area contributed by atoms with Gasteiger partial charge in [-0.3, -0.25) is 4.79 Å². The fraction of sp³-hybridized carbons (Fsp3) is 0.174. The van der Waals surface area contributed by atoms with E-state index in [9.17, 15) is 4.79 Å². The number of methoxy groups -OCH3 is 2. The minimum Gasteiger partial charge on any atom is -0.497 e. The van der Waals surface area contributed by atoms with E-state index in [1.165, 1.54) is 0 Å². The average Bonchev–Trinajstić information content (AvgIpc) is 3.03. The highest BCUT2D eigenvalue weighted by atomic mass is 16.5. The lowest BCUT2D eigenvalue weighted by Gasteiger charge is -2.18. The summed E-state index contributed by atoms with van der Waals surface area (Å²) in [6, 6.07) is 22.0. The first-order valence-electron chi connectivity index (χ1n) is 8.88. The molecule has 136 valence electrons. The molecule has 3 aromatic rings. The molecule has 1 aliphatic heterocycles. The molecule has 0 radical (unpaired) electrons. The fourth-order valence-electron chi connectivity index (χ4n) is 3.43. The third-order valence-electron chi connectivity index (χ3n) is 4.94. The molecule has 0 unspecified atom stereocenters. The van der Waals surface area contributed by atoms with Gasteiger partial charge in [-0.2, -0.15) is 0 Å². The average molecular weight is 359 g/mol. The van der Waals surface area contributed by atoms with Gasteiger partial charge in [0.25, 0.3) is 0 Å². The number of ether oxygens (including phenoxy) is 2. The fourth-order valence-corrected chi connectivity index (χ4v) is 3.43. The Hall–Kier alpha value is -3.27. The molecule has 3 aromatic carbocycles. The van der Waals surface area contributed by atoms with Crippen LogP contribution in [0.3, 0.4) is 0 Å². The Bertz CT molecular complexity index is 962. The number of hydrogen-bond donors (Lipinski definition) is 0. The summed E-state index contributed by atoms with van der Waals surface area (Å²) in [6.07, 6.45) is 0.440. The number of rotatable bonds is 5. The van der Waals surface area contributed by atoms with Gasteiger partial charge in [-0.05, 0) is 58.7 Å². The van der Waals surface area contributed by atoms with E-state index in [-0.39, 0.29) is 5.91 Å². The zero-order valence-corrected chi connectivity index (χ0v) is 15.4. The lowest BCUT2D eigenvalue weighted by Crippen LogP contribution is -2.25. The molecule has 0 atom stereocenters. The second-order valence-corrected chi connectivity index (χ2v) is 6.58. The predicted octanol–water partition coefficient (Wildman–Crippen LogP) is 4.46. The van der Waals surface area contributed by atoms with Crippen LogP contribution in [0.5, 0.6) is 11.5 Å². The Morgan fingerprint density at radius 1 is 0.815 bits per heavy atom. The summed E-state index contributed by atoms with van der Waals surface area (Å²) in [5.74, 6) is 1.78. The second kappa shape index (κ2) is 7.16. The molecule has 1 aliphatic rings. The summed E-state index contributed by atoms with van der Waals surface area (Å²) in [5.41, 5.74) is 5.36. The van der Waals surface area contributed by atoms with Gasteiger partial charge < -0.3 is 14.4 Å². The quantitative estimate of drug-likeness (QED) is 0.675. The second-order valence-electron chi connectivity index (χ2n) is 6.58. The summed E-state index contributed by atoms with van der Waals surface area (Å²) >= 11 is 0. The number of nitrogens with zero attached hydrogens (tertiary/aromatic N) is 1. The van der Waals surface area contributed by atoms with E-state index in [0.717, 1.165) is 39.4 Å². The van der Waals surface area contributed by atoms with Crippen LogP contribution in [0.4, 0.5) is 5.69 Å². The van der Waals surface area contributed by atoms with Gasteiger partial charge in [-0.25, -0.2) is 0 Å². The number of hydrogen-bond acceptors (Lipinski definition) is 3. The van der Waals surface area contributed by atoms with E-state index in [1.54, 1.807) is 14.2 Å². The zero-order chi connectivity index (χ0) is 18.8. The van der Waals surface area contributed by atoms with Crippen molar-refractivity contribution in [2.24, 2.45) is 0 Å². The molecular weight excluding hydrogens is 338 g/mol. The Morgan fingerprint density at radius 3 is 2.04 bits per heavy atom. The van der Waals surface area contributed by atoms with Crippen molar-refractivity contribution in [3.05, 3.63) is 77.9 Å². The van der Waals surface area contributed by atoms with Crippen LogP contribution in [-0.2, 0) is 17.8 Å². The van der Waals surface area contributed by atoms with Crippen LogP contribution in [0.25, 0.3) is 11.1 Å². The first kappa shape index (κ1) is 17.2. The number of fused-ring (bicyclic) bond motifs is 1. The molecule has 0 aliphatic carbocycles. The van der Waals surface area contributed by atoms with Crippen LogP contribution in [0.15, 0.2) is 66.7 Å². The molecule has 4 heteroatoms. The van der Waals surface area contributed by atoms with Gasteiger partial charge in [0.1, 0.15) is 11.5 Å². The van der Waals surface area contributed by atoms with Crippen molar-refractivity contribution in [1.29, 1.82) is 0 Å². The normalized spacial score (nSPS) is 12.8. The minimum absolute atomic E-state index is 0.132. The molecule has 0 aromatic heterocycles. The van der Waals surface area contributed by atoms with Gasteiger partial charge >= 0.3 is 0 Å². The molecule has 0 N–H and O–H groups in total. The van der Waals surface area contributed by atoms with Gasteiger partial charge in [0.05, 0.1) is 27.2 Å². The summed E-state index contributed by atoms with van der Waals surface area (Å²) in [7, 11) is 3.31. The highest BCUT2D eigenvalue weighted by Gasteiger charge is 2.27. The highest BCUT2D eigenvalue weighted by Crippen LogP contribution is 2.34. The van der Waals surface area contributed by atoms with Crippen molar-refractivity contribution in [2.75, 3.05) is 19.1 Å². The molecule has 0 bridgehead atoms. The van der Waals surface area contributed by atoms with Crippen molar-refractivity contribution in [3.63, 3.8) is 0 Å². The van der Waals surface area contributed by atoms with Gasteiger partial charge in [-0.1, -0.05) is 30.3 Å². The third kappa shape index (κ3) is 3.38. The maximum absolute atomic E-state index is 12.6. The maximum Gasteiger partial charge on any atom is 0.231 e. The molecule has 27 heavy (non-hydrogen) atoms. The van der Waals surface area contributed by atoms with Crippen LogP contribution in [0, 0.1) is 0 Å². The molecule has 4 rings (SSSR count). The van der Waals surface area contributed by atoms with E-state index in [0.29, 0.717) is 13.0 Å². The van der Waals surface area contributed by atoms with Crippen LogP contribution < -0.4 is 14.4 Å². The van der Waals surface area contributed by atoms with E-state index in [2.05, 4.69) is 12.1 Å². The minimum atomic E-state index is 0.132. The monoisotopic (exact) mass is 359 g/mol. The van der Waals surface area contributed by atoms with Crippen molar-refractivity contribution in [3.8, 4) is 22.6 Å². The van der Waals surface area contributed by atoms with Crippen LogP contribution in [-0.4, -0.2) is 20.1 Å². The Kier molecular flexibility index (Phi) is 4.55. The first-order valence-corrected chi connectivity index (χ1v) is 8.88. The molecule has 1 heterocycles. The van der Waals surface area contributed by atoms with Gasteiger partial charge in [0, 0.05) is 5.69 Å². The zero-order valence-electron chi connectivity index (χ0n) is 15.4. The summed E-state index contributed by atoms with van der Waals surface area (Å²) in [6.45, 7) is 0.567. The Labute approximate surface area is 159 Å². The van der Waals surface area contributed by atoms with Gasteiger partial charge in [0.15, 0.2) is 0 Å². The van der Waals surface area contributed by atoms with Crippen molar-refractivity contribution in [2.45, 2.75) is 13.0 Å². The number of amides is 1. The van der Waals surface area contributed by atoms with Crippen molar-refractivity contribution < 1.29 is 14.3 Å². The molecule has 0 saturated heterocycles. The van der Waals surface area contributed by atoms with Crippen LogP contribution in [0.2, 0.25) is 0 Å². The molecule has 0 spiro atoms. The first-order chi connectivity index (χ1) is 13.2. The third-order valence-corrected chi connectivity index (χ3v) is 4.94. The van der Waals surface area contributed by atoms with E-state index in [4.69, 9.17) is 9.47 Å². The molecule has 0 saturated carbocycles. The van der Waals surface area contributed by atoms with Crippen LogP contribution in [0.1, 0.15) is 11.1 Å². The van der Waals surface area contributed by atoms with Crippen LogP contribution >= 0.6 is 0 Å². The molecular formula is C23H21NO3. The van der Waals surface area contributed by atoms with E-state index >= 15 is 0 Å². The topological polar surface area (TPSA) is 38.8 Å². The van der Waals surface area contributed by atoms with Gasteiger partial charge in [-0.15, -0.1) is 0 Å². The summed E-state index contributed by atoms with van der Waals surface area (Å²) in [5, 5.41) is 0. The lowest BCUT2D eigenvalue weighted by atomic mass is 10.0. The summed E-state index contributed by atoms with van der Waals surface area (Å²) in [4.78, 5) is 14.4. The standard InChI is InChI=1S/C23H21NO3/c1-26-20-8-3-16(4-9-20)15-24-22-12-7-18(13-19(22)14-23(24)25)17-5-10-21(27-2)11-6-17/h3-13H,14-15H2,1-2H3. The molecule has 1 amide bonds. The lowest BCUT2D eigenvalue weighted by molar-refractivity contribution is -0.117. The Morgan fingerprint density at radius 2 is 1.41 bits per heavy atom. The number of carbonyl (C=O) groups excluding carboxylic acids is 1. The van der Waals surface area contributed by atoms with Crippen molar-refractivity contribution >= 4 is 11.6 Å². The largest absolute Gasteiger partial charge is 0.497 e. The van der Waals surface area contributed by atoms with Gasteiger partial charge in [0.2, 0.25) is 5.91 Å². The van der Waals surface area contributed by atoms with E-state index in [1.807, 2.05) is 59.5 Å². The number of benzene rings is 3. The SMILES string of the molecule is COc1ccc(CN2C(=O)Cc3cc(-c4ccc(OC)cc4)ccc32)cc1. The Balaban J connectivity index is 1.58. The highest BCUT2D eigenvalue weighted by molar-refractivity contribution is 6.01. The maximum atomic E-state index is 12.6. The molecule has 0 fully saturated rings. The predicted molar refractivity (Wildman–Crippen MR) is 106 cm³/mol. The van der Waals surface area contributed by atoms with E-state index < -0.39 is 0 Å². The smallest absolute Gasteiger partial charge is 0.231 e. The number of carbonyl (C=O) groups is 1. The summed E-state index contributed by atoms with van der Waals surface area (Å²) < 4.78 is 10.4. The molecule has 4 nitrogen and oxygen atoms in total.